The number of para-hydroxylation sites is 1. The van der Waals surface area contributed by atoms with Crippen molar-refractivity contribution >= 4 is 46.4 Å². The summed E-state index contributed by atoms with van der Waals surface area (Å²) in [6.07, 6.45) is 5.73. The molecule has 232 valence electrons. The molecule has 1 heterocycles. The summed E-state index contributed by atoms with van der Waals surface area (Å²) in [6, 6.07) is 12.9. The van der Waals surface area contributed by atoms with E-state index < -0.39 is 47.9 Å². The quantitative estimate of drug-likeness (QED) is 0.106. The fourth-order valence-corrected chi connectivity index (χ4v) is 5.24. The van der Waals surface area contributed by atoms with Crippen molar-refractivity contribution < 1.29 is 24.3 Å². The molecule has 9 N–H and O–H groups in total. The van der Waals surface area contributed by atoms with Crippen LogP contribution in [0.4, 0.5) is 0 Å². The Morgan fingerprint density at radius 3 is 2.19 bits per heavy atom. The van der Waals surface area contributed by atoms with Crippen LogP contribution in [0, 0.1) is 0 Å². The molecule has 0 bridgehead atoms. The summed E-state index contributed by atoms with van der Waals surface area (Å²) >= 11 is 1.52. The van der Waals surface area contributed by atoms with Gasteiger partial charge in [0.2, 0.25) is 17.7 Å². The predicted molar refractivity (Wildman–Crippen MR) is 169 cm³/mol. The summed E-state index contributed by atoms with van der Waals surface area (Å²) < 4.78 is 0. The second-order valence-electron chi connectivity index (χ2n) is 10.4. The Morgan fingerprint density at radius 1 is 0.837 bits per heavy atom. The van der Waals surface area contributed by atoms with Gasteiger partial charge in [-0.25, -0.2) is 4.79 Å². The molecule has 0 spiro atoms. The highest BCUT2D eigenvalue weighted by molar-refractivity contribution is 7.98. The molecule has 3 aromatic rings. The number of aromatic nitrogens is 1. The first-order chi connectivity index (χ1) is 20.7. The van der Waals surface area contributed by atoms with Crippen molar-refractivity contribution in [1.82, 2.24) is 20.9 Å². The summed E-state index contributed by atoms with van der Waals surface area (Å²) in [7, 11) is 0. The molecular weight excluding hydrogens is 568 g/mol. The SMILES string of the molecule is CSCCC(NC(=O)C(N)Cc1ccccc1)C(=O)NC(Cc1c[nH]c2ccccc12)C(=O)NC(CCCCN)C(=O)O. The van der Waals surface area contributed by atoms with Crippen molar-refractivity contribution in [2.24, 2.45) is 11.5 Å². The van der Waals surface area contributed by atoms with Gasteiger partial charge in [0.1, 0.15) is 18.1 Å². The van der Waals surface area contributed by atoms with Crippen LogP contribution in [0.25, 0.3) is 10.9 Å². The smallest absolute Gasteiger partial charge is 0.326 e. The van der Waals surface area contributed by atoms with Crippen molar-refractivity contribution in [1.29, 1.82) is 0 Å². The number of carbonyl (C=O) groups excluding carboxylic acids is 3. The third-order valence-corrected chi connectivity index (χ3v) is 7.82. The molecule has 0 saturated heterocycles. The zero-order valence-electron chi connectivity index (χ0n) is 24.4. The molecule has 4 unspecified atom stereocenters. The average Bonchev–Trinajstić information content (AvgIpc) is 3.41. The lowest BCUT2D eigenvalue weighted by Crippen LogP contribution is -2.57. The van der Waals surface area contributed by atoms with Gasteiger partial charge < -0.3 is 37.5 Å². The van der Waals surface area contributed by atoms with E-state index in [4.69, 9.17) is 11.5 Å². The van der Waals surface area contributed by atoms with Gasteiger partial charge in [-0.15, -0.1) is 0 Å². The summed E-state index contributed by atoms with van der Waals surface area (Å²) in [5, 5.41) is 18.8. The molecule has 0 radical (unpaired) electrons. The van der Waals surface area contributed by atoms with Gasteiger partial charge in [0.05, 0.1) is 6.04 Å². The zero-order chi connectivity index (χ0) is 31.2. The van der Waals surface area contributed by atoms with Gasteiger partial charge in [-0.05, 0) is 67.9 Å². The molecule has 3 rings (SSSR count). The van der Waals surface area contributed by atoms with Gasteiger partial charge in [0.25, 0.3) is 0 Å². The number of amides is 3. The van der Waals surface area contributed by atoms with Gasteiger partial charge in [0.15, 0.2) is 0 Å². The lowest BCUT2D eigenvalue weighted by molar-refractivity contribution is -0.142. The maximum Gasteiger partial charge on any atom is 0.326 e. The number of unbranched alkanes of at least 4 members (excludes halogenated alkanes) is 1. The van der Waals surface area contributed by atoms with Crippen LogP contribution in [0.5, 0.6) is 0 Å². The molecule has 43 heavy (non-hydrogen) atoms. The van der Waals surface area contributed by atoms with Crippen LogP contribution in [-0.4, -0.2) is 76.5 Å². The lowest BCUT2D eigenvalue weighted by Gasteiger charge is -2.25. The van der Waals surface area contributed by atoms with E-state index in [-0.39, 0.29) is 12.8 Å². The van der Waals surface area contributed by atoms with Crippen molar-refractivity contribution in [3.05, 3.63) is 71.9 Å². The number of carbonyl (C=O) groups is 4. The van der Waals surface area contributed by atoms with Crippen molar-refractivity contribution in [3.63, 3.8) is 0 Å². The molecule has 0 aliphatic carbocycles. The summed E-state index contributed by atoms with van der Waals surface area (Å²) in [4.78, 5) is 55.2. The Morgan fingerprint density at radius 2 is 1.49 bits per heavy atom. The Balaban J connectivity index is 1.79. The fraction of sp³-hybridized carbons (Fsp3) is 0.419. The molecule has 0 aliphatic heterocycles. The fourth-order valence-electron chi connectivity index (χ4n) is 4.77. The summed E-state index contributed by atoms with van der Waals surface area (Å²) in [5.41, 5.74) is 14.3. The van der Waals surface area contributed by atoms with E-state index in [1.165, 1.54) is 11.8 Å². The minimum Gasteiger partial charge on any atom is -0.480 e. The van der Waals surface area contributed by atoms with Gasteiger partial charge >= 0.3 is 5.97 Å². The van der Waals surface area contributed by atoms with E-state index in [9.17, 15) is 24.3 Å². The number of hydrogen-bond acceptors (Lipinski definition) is 7. The molecular formula is C31H42N6O5S. The predicted octanol–water partition coefficient (Wildman–Crippen LogP) is 1.70. The van der Waals surface area contributed by atoms with Crippen molar-refractivity contribution in [2.75, 3.05) is 18.6 Å². The second-order valence-corrected chi connectivity index (χ2v) is 11.4. The van der Waals surface area contributed by atoms with Crippen LogP contribution >= 0.6 is 11.8 Å². The number of nitrogens with two attached hydrogens (primary N) is 2. The third kappa shape index (κ3) is 10.4. The maximum absolute atomic E-state index is 13.6. The molecule has 1 aromatic heterocycles. The Labute approximate surface area is 255 Å². The topological polar surface area (TPSA) is 192 Å². The van der Waals surface area contributed by atoms with E-state index >= 15 is 0 Å². The molecule has 12 heteroatoms. The van der Waals surface area contributed by atoms with E-state index in [1.54, 1.807) is 6.20 Å². The molecule has 0 aliphatic rings. The Hall–Kier alpha value is -3.87. The normalized spacial score (nSPS) is 13.9. The van der Waals surface area contributed by atoms with Crippen LogP contribution < -0.4 is 27.4 Å². The minimum atomic E-state index is -1.17. The van der Waals surface area contributed by atoms with E-state index in [0.29, 0.717) is 38.0 Å². The van der Waals surface area contributed by atoms with E-state index in [0.717, 1.165) is 22.0 Å². The van der Waals surface area contributed by atoms with Crippen molar-refractivity contribution in [3.8, 4) is 0 Å². The number of benzene rings is 2. The third-order valence-electron chi connectivity index (χ3n) is 7.17. The first-order valence-electron chi connectivity index (χ1n) is 14.4. The van der Waals surface area contributed by atoms with Crippen LogP contribution in [0.3, 0.4) is 0 Å². The number of nitrogens with one attached hydrogen (secondary N) is 4. The highest BCUT2D eigenvalue weighted by Crippen LogP contribution is 2.19. The minimum absolute atomic E-state index is 0.105. The highest BCUT2D eigenvalue weighted by atomic mass is 32.2. The van der Waals surface area contributed by atoms with Crippen LogP contribution in [0.2, 0.25) is 0 Å². The van der Waals surface area contributed by atoms with Gasteiger partial charge in [-0.2, -0.15) is 11.8 Å². The number of aromatic amines is 1. The van der Waals surface area contributed by atoms with E-state index in [1.807, 2.05) is 60.9 Å². The molecule has 2 aromatic carbocycles. The summed E-state index contributed by atoms with van der Waals surface area (Å²) in [5.74, 6) is -2.25. The summed E-state index contributed by atoms with van der Waals surface area (Å²) in [6.45, 7) is 0.414. The maximum atomic E-state index is 13.6. The first kappa shape index (κ1) is 33.6. The van der Waals surface area contributed by atoms with E-state index in [2.05, 4.69) is 20.9 Å². The number of rotatable bonds is 18. The standard InChI is InChI=1S/C31H42N6O5S/c1-43-16-14-25(35-28(38)23(33)17-20-9-3-2-4-10-20)29(39)37-27(18-21-19-34-24-12-6-5-11-22(21)24)30(40)36-26(31(41)42)13-7-8-15-32/h2-6,9-12,19,23,25-27,34H,7-8,13-18,32-33H2,1H3,(H,35,38)(H,36,40)(H,37,39)(H,41,42). The second kappa shape index (κ2) is 17.3. The van der Waals surface area contributed by atoms with Gasteiger partial charge in [-0.3, -0.25) is 14.4 Å². The van der Waals surface area contributed by atoms with Crippen LogP contribution in [0.15, 0.2) is 60.8 Å². The van der Waals surface area contributed by atoms with Crippen molar-refractivity contribution in [2.45, 2.75) is 62.7 Å². The molecule has 0 fully saturated rings. The molecule has 3 amide bonds. The van der Waals surface area contributed by atoms with Crippen LogP contribution in [-0.2, 0) is 32.0 Å². The molecule has 11 nitrogen and oxygen atoms in total. The Kier molecular flexibility index (Phi) is 13.5. The number of thioether (sulfide) groups is 1. The number of aliphatic carboxylic acids is 1. The lowest BCUT2D eigenvalue weighted by atomic mass is 10.0. The Bertz CT molecular complexity index is 1350. The largest absolute Gasteiger partial charge is 0.480 e. The van der Waals surface area contributed by atoms with Gasteiger partial charge in [-0.1, -0.05) is 48.5 Å². The van der Waals surface area contributed by atoms with Crippen LogP contribution in [0.1, 0.15) is 36.8 Å². The zero-order valence-corrected chi connectivity index (χ0v) is 25.2. The first-order valence-corrected chi connectivity index (χ1v) is 15.8. The molecule has 4 atom stereocenters. The number of carboxylic acids is 1. The average molecular weight is 611 g/mol. The highest BCUT2D eigenvalue weighted by Gasteiger charge is 2.31. The number of hydrogen-bond donors (Lipinski definition) is 7. The molecule has 0 saturated carbocycles. The van der Waals surface area contributed by atoms with Gasteiger partial charge in [0, 0.05) is 23.5 Å². The number of fused-ring (bicyclic) bond motifs is 1. The number of carboxylic acid groups (broad SMARTS) is 1. The monoisotopic (exact) mass is 610 g/mol. The number of H-pyrrole nitrogens is 1.